The van der Waals surface area contributed by atoms with Crippen molar-refractivity contribution in [2.75, 3.05) is 0 Å². The maximum absolute atomic E-state index is 11.5. The summed E-state index contributed by atoms with van der Waals surface area (Å²) >= 11 is 0. The Hall–Kier alpha value is -0.496. The molecular formula is C29H54O3Si2. The second-order valence-electron chi connectivity index (χ2n) is 13.9. The SMILES string of the molecule is CCCCC[C@@H](/C=C\[C@H]1[C@H]2CC(C=O)=C[C@H]2C[C@H]1O[Si](C)(C)C(C)(C)C)O[Si](C)(C)C(C)(C)C. The third-order valence-corrected chi connectivity index (χ3v) is 18.2. The van der Waals surface area contributed by atoms with Crippen molar-refractivity contribution < 1.29 is 13.6 Å². The maximum Gasteiger partial charge on any atom is 0.192 e. The van der Waals surface area contributed by atoms with Gasteiger partial charge in [0, 0.05) is 5.92 Å². The summed E-state index contributed by atoms with van der Waals surface area (Å²) in [4.78, 5) is 11.5. The molecule has 1 saturated carbocycles. The molecule has 1 fully saturated rings. The summed E-state index contributed by atoms with van der Waals surface area (Å²) < 4.78 is 13.9. The Kier molecular flexibility index (Phi) is 9.85. The van der Waals surface area contributed by atoms with Crippen LogP contribution in [-0.4, -0.2) is 35.1 Å². The number of fused-ring (bicyclic) bond motifs is 1. The average molecular weight is 507 g/mol. The number of carbonyl (C=O) groups is 1. The van der Waals surface area contributed by atoms with Gasteiger partial charge in [-0.1, -0.05) is 86.0 Å². The number of aldehydes is 1. The summed E-state index contributed by atoms with van der Waals surface area (Å²) in [5.74, 6) is 1.30. The minimum atomic E-state index is -1.88. The maximum atomic E-state index is 11.5. The average Bonchev–Trinajstić information content (AvgIpc) is 3.21. The fourth-order valence-corrected chi connectivity index (χ4v) is 7.56. The molecule has 0 unspecified atom stereocenters. The third-order valence-electron chi connectivity index (χ3n) is 9.17. The summed E-state index contributed by atoms with van der Waals surface area (Å²) in [5.41, 5.74) is 0.983. The van der Waals surface area contributed by atoms with Crippen LogP contribution >= 0.6 is 0 Å². The van der Waals surface area contributed by atoms with Gasteiger partial charge in [-0.3, -0.25) is 4.79 Å². The molecule has 0 bridgehead atoms. The summed E-state index contributed by atoms with van der Waals surface area (Å²) in [6, 6.07) is 0. The molecule has 0 aliphatic heterocycles. The highest BCUT2D eigenvalue weighted by atomic mass is 28.4. The molecule has 0 aromatic carbocycles. The molecule has 0 radical (unpaired) electrons. The zero-order valence-corrected chi connectivity index (χ0v) is 26.2. The molecule has 5 heteroatoms. The molecule has 2 aliphatic carbocycles. The molecule has 34 heavy (non-hydrogen) atoms. The number of allylic oxidation sites excluding steroid dienone is 2. The van der Waals surface area contributed by atoms with Crippen LogP contribution in [0.2, 0.25) is 36.3 Å². The normalized spacial score (nSPS) is 27.2. The van der Waals surface area contributed by atoms with E-state index in [1.54, 1.807) is 0 Å². The standard InChI is InChI=1S/C29H54O3Si2/c1-12-13-14-15-24(31-33(8,9)28(2,3)4)16-17-25-26-19-22(21-30)18-23(26)20-27(25)32-34(10,11)29(5,6)7/h16-18,21,23-27H,12-15,19-20H2,1-11H3/b17-16-/t23-,24-,25-,26-,27+/m0/s1. The minimum Gasteiger partial charge on any atom is -0.413 e. The molecule has 0 N–H and O–H groups in total. The van der Waals surface area contributed by atoms with Gasteiger partial charge in [-0.25, -0.2) is 0 Å². The van der Waals surface area contributed by atoms with Gasteiger partial charge in [-0.2, -0.15) is 0 Å². The highest BCUT2D eigenvalue weighted by Crippen LogP contribution is 2.50. The molecule has 0 spiro atoms. The van der Waals surface area contributed by atoms with Crippen molar-refractivity contribution in [2.45, 2.75) is 135 Å². The smallest absolute Gasteiger partial charge is 0.192 e. The van der Waals surface area contributed by atoms with E-state index in [-0.39, 0.29) is 22.3 Å². The van der Waals surface area contributed by atoms with E-state index < -0.39 is 16.6 Å². The van der Waals surface area contributed by atoms with Crippen LogP contribution in [0.25, 0.3) is 0 Å². The first-order valence-electron chi connectivity index (χ1n) is 13.7. The fraction of sp³-hybridized carbons (Fsp3) is 0.828. The van der Waals surface area contributed by atoms with Gasteiger partial charge >= 0.3 is 0 Å². The van der Waals surface area contributed by atoms with Crippen molar-refractivity contribution in [2.24, 2.45) is 17.8 Å². The predicted molar refractivity (Wildman–Crippen MR) is 151 cm³/mol. The van der Waals surface area contributed by atoms with Crippen LogP contribution in [0.1, 0.15) is 87.0 Å². The number of rotatable bonds is 11. The molecule has 5 atom stereocenters. The lowest BCUT2D eigenvalue weighted by atomic mass is 9.89. The van der Waals surface area contributed by atoms with Crippen LogP contribution in [0, 0.1) is 17.8 Å². The lowest BCUT2D eigenvalue weighted by molar-refractivity contribution is -0.105. The minimum absolute atomic E-state index is 0.167. The quantitative estimate of drug-likeness (QED) is 0.122. The van der Waals surface area contributed by atoms with Gasteiger partial charge < -0.3 is 8.85 Å². The number of unbranched alkanes of at least 4 members (excludes halogenated alkanes) is 2. The highest BCUT2D eigenvalue weighted by molar-refractivity contribution is 6.74. The van der Waals surface area contributed by atoms with Crippen LogP contribution in [-0.2, 0) is 13.6 Å². The Labute approximate surface area is 213 Å². The Morgan fingerprint density at radius 3 is 2.18 bits per heavy atom. The van der Waals surface area contributed by atoms with Gasteiger partial charge in [0.1, 0.15) is 6.29 Å². The monoisotopic (exact) mass is 506 g/mol. The van der Waals surface area contributed by atoms with E-state index in [0.29, 0.717) is 17.8 Å². The van der Waals surface area contributed by atoms with Crippen molar-refractivity contribution in [3.8, 4) is 0 Å². The summed E-state index contributed by atoms with van der Waals surface area (Å²) in [7, 11) is -3.74. The first-order chi connectivity index (χ1) is 15.5. The molecule has 0 amide bonds. The number of hydrogen-bond donors (Lipinski definition) is 0. The topological polar surface area (TPSA) is 35.5 Å². The number of carbonyl (C=O) groups excluding carboxylic acids is 1. The Morgan fingerprint density at radius 2 is 1.65 bits per heavy atom. The Morgan fingerprint density at radius 1 is 1.03 bits per heavy atom. The zero-order chi connectivity index (χ0) is 25.9. The van der Waals surface area contributed by atoms with E-state index in [1.807, 2.05) is 0 Å². The van der Waals surface area contributed by atoms with E-state index in [4.69, 9.17) is 8.85 Å². The predicted octanol–water partition coefficient (Wildman–Crippen LogP) is 8.69. The molecule has 0 aromatic rings. The van der Waals surface area contributed by atoms with Gasteiger partial charge in [-0.05, 0) is 72.9 Å². The summed E-state index contributed by atoms with van der Waals surface area (Å²) in [5, 5.41) is 0.390. The van der Waals surface area contributed by atoms with Gasteiger partial charge in [0.15, 0.2) is 16.6 Å². The lowest BCUT2D eigenvalue weighted by Gasteiger charge is -2.40. The molecule has 2 aliphatic rings. The van der Waals surface area contributed by atoms with Gasteiger partial charge in [0.05, 0.1) is 12.2 Å². The Balaban J connectivity index is 2.29. The van der Waals surface area contributed by atoms with E-state index >= 15 is 0 Å². The van der Waals surface area contributed by atoms with E-state index in [0.717, 1.165) is 31.1 Å². The second-order valence-corrected chi connectivity index (χ2v) is 23.4. The molecule has 2 rings (SSSR count). The molecule has 0 heterocycles. The van der Waals surface area contributed by atoms with E-state index in [9.17, 15) is 4.79 Å². The van der Waals surface area contributed by atoms with Gasteiger partial charge in [0.25, 0.3) is 0 Å². The molecule has 0 aromatic heterocycles. The summed E-state index contributed by atoms with van der Waals surface area (Å²) in [6.45, 7) is 25.6. The first kappa shape index (κ1) is 29.7. The van der Waals surface area contributed by atoms with Crippen LogP contribution in [0.15, 0.2) is 23.8 Å². The van der Waals surface area contributed by atoms with Gasteiger partial charge in [0.2, 0.25) is 0 Å². The highest BCUT2D eigenvalue weighted by Gasteiger charge is 2.49. The van der Waals surface area contributed by atoms with E-state index in [2.05, 4.69) is 92.9 Å². The van der Waals surface area contributed by atoms with Crippen molar-refractivity contribution >= 4 is 22.9 Å². The molecule has 196 valence electrons. The van der Waals surface area contributed by atoms with Crippen LogP contribution in [0.5, 0.6) is 0 Å². The van der Waals surface area contributed by atoms with Crippen molar-refractivity contribution in [3.63, 3.8) is 0 Å². The van der Waals surface area contributed by atoms with Crippen LogP contribution < -0.4 is 0 Å². The number of hydrogen-bond acceptors (Lipinski definition) is 3. The second kappa shape index (κ2) is 11.3. The van der Waals surface area contributed by atoms with Crippen molar-refractivity contribution in [1.82, 2.24) is 0 Å². The first-order valence-corrected chi connectivity index (χ1v) is 19.5. The molecular weight excluding hydrogens is 452 g/mol. The zero-order valence-electron chi connectivity index (χ0n) is 24.2. The van der Waals surface area contributed by atoms with Crippen LogP contribution in [0.4, 0.5) is 0 Å². The fourth-order valence-electron chi connectivity index (χ4n) is 4.89. The van der Waals surface area contributed by atoms with E-state index in [1.165, 1.54) is 19.3 Å². The van der Waals surface area contributed by atoms with Crippen molar-refractivity contribution in [1.29, 1.82) is 0 Å². The largest absolute Gasteiger partial charge is 0.413 e. The lowest BCUT2D eigenvalue weighted by Crippen LogP contribution is -2.45. The summed E-state index contributed by atoms with van der Waals surface area (Å²) in [6.07, 6.45) is 15.2. The molecule has 0 saturated heterocycles. The Bertz CT molecular complexity index is 739. The van der Waals surface area contributed by atoms with Crippen molar-refractivity contribution in [3.05, 3.63) is 23.8 Å². The third kappa shape index (κ3) is 7.27. The van der Waals surface area contributed by atoms with Crippen LogP contribution in [0.3, 0.4) is 0 Å². The molecule has 3 nitrogen and oxygen atoms in total. The van der Waals surface area contributed by atoms with Gasteiger partial charge in [-0.15, -0.1) is 0 Å².